The minimum absolute atomic E-state index is 0.391. The van der Waals surface area contributed by atoms with Gasteiger partial charge < -0.3 is 19.1 Å². The van der Waals surface area contributed by atoms with Gasteiger partial charge in [-0.1, -0.05) is 25.5 Å². The average molecular weight is 509 g/mol. The monoisotopic (exact) mass is 508 g/mol. The number of carbonyl (C=O) groups excluding carboxylic acids is 1. The number of imidazole rings is 1. The number of methoxy groups -OCH3 is 2. The number of aliphatic hydroxyl groups excluding tert-OH is 1. The lowest BCUT2D eigenvalue weighted by Gasteiger charge is -2.57. The van der Waals surface area contributed by atoms with Crippen LogP contribution < -0.4 is 4.74 Å². The van der Waals surface area contributed by atoms with E-state index in [2.05, 4.69) is 11.5 Å². The Labute approximate surface area is 221 Å². The van der Waals surface area contributed by atoms with Crippen LogP contribution in [-0.2, 0) is 28.9 Å². The Hall–Kier alpha value is -2.34. The van der Waals surface area contributed by atoms with E-state index in [4.69, 9.17) is 14.5 Å². The summed E-state index contributed by atoms with van der Waals surface area (Å²) in [4.78, 5) is 17.7. The summed E-state index contributed by atoms with van der Waals surface area (Å²) in [5, 5.41) is 11.6. The topological polar surface area (TPSA) is 73.6 Å². The van der Waals surface area contributed by atoms with Gasteiger partial charge >= 0.3 is 5.97 Å². The lowest BCUT2D eigenvalue weighted by molar-refractivity contribution is -0.149. The molecule has 2 atom stereocenters. The molecule has 6 rings (SSSR count). The van der Waals surface area contributed by atoms with Crippen LogP contribution in [0.4, 0.5) is 0 Å². The van der Waals surface area contributed by atoms with E-state index >= 15 is 0 Å². The Balaban J connectivity index is 1.38. The van der Waals surface area contributed by atoms with E-state index < -0.39 is 18.0 Å². The maximum absolute atomic E-state index is 12.9. The quantitative estimate of drug-likeness (QED) is 0.361. The minimum atomic E-state index is -0.978. The lowest BCUT2D eigenvalue weighted by Crippen LogP contribution is -2.46. The third kappa shape index (κ3) is 5.59. The molecule has 202 valence electrons. The van der Waals surface area contributed by atoms with Crippen molar-refractivity contribution in [3.05, 3.63) is 47.5 Å². The number of rotatable bonds is 12. The molecule has 0 spiro atoms. The van der Waals surface area contributed by atoms with Crippen LogP contribution >= 0.6 is 0 Å². The third-order valence-electron chi connectivity index (χ3n) is 9.56. The summed E-state index contributed by atoms with van der Waals surface area (Å²) in [7, 11) is 3.03. The molecule has 4 aliphatic carbocycles. The van der Waals surface area contributed by atoms with Gasteiger partial charge in [0.25, 0.3) is 0 Å². The van der Waals surface area contributed by atoms with Gasteiger partial charge in [0.15, 0.2) is 0 Å². The Morgan fingerprint density at radius 1 is 1.11 bits per heavy atom. The summed E-state index contributed by atoms with van der Waals surface area (Å²) in [6.45, 7) is 3.06. The smallest absolute Gasteiger partial charge is 0.312 e. The number of aryl methyl sites for hydroxylation is 1. The van der Waals surface area contributed by atoms with Crippen LogP contribution in [0.3, 0.4) is 0 Å². The van der Waals surface area contributed by atoms with Gasteiger partial charge in [0.05, 0.1) is 32.0 Å². The average Bonchev–Trinajstić information content (AvgIpc) is 3.31. The number of aliphatic hydroxyl groups is 1. The van der Waals surface area contributed by atoms with E-state index in [-0.39, 0.29) is 0 Å². The summed E-state index contributed by atoms with van der Waals surface area (Å²) in [5.74, 6) is 3.47. The first-order valence-corrected chi connectivity index (χ1v) is 14.4. The number of aromatic nitrogens is 2. The molecule has 1 N–H and O–H groups in total. The first kappa shape index (κ1) is 26.3. The zero-order valence-electron chi connectivity index (χ0n) is 22.8. The SMILES string of the molecule is CCCCc1ncc(C(O)C(Cc2ccc(OC)cc2)C(=O)OC)n1CCC12CC3CC(CC(C3)C1)C2. The zero-order chi connectivity index (χ0) is 26.0. The molecule has 6 heteroatoms. The molecule has 1 heterocycles. The van der Waals surface area contributed by atoms with Crippen LogP contribution in [0, 0.1) is 29.1 Å². The predicted octanol–water partition coefficient (Wildman–Crippen LogP) is 5.91. The maximum atomic E-state index is 12.9. The van der Waals surface area contributed by atoms with Gasteiger partial charge in [-0.2, -0.15) is 0 Å². The Kier molecular flexibility index (Phi) is 7.94. The largest absolute Gasteiger partial charge is 0.497 e. The second kappa shape index (κ2) is 11.2. The highest BCUT2D eigenvalue weighted by atomic mass is 16.5. The summed E-state index contributed by atoms with van der Waals surface area (Å²) < 4.78 is 12.7. The number of ether oxygens (including phenoxy) is 2. The standard InChI is InChI=1S/C31H44N2O4/c1-4-5-6-28-32-20-27(29(34)26(30(35)37-3)16-21-7-9-25(36-2)10-8-21)33(28)12-11-31-17-22-13-23(18-31)15-24(14-22)19-31/h7-10,20,22-24,26,29,34H,4-6,11-19H2,1-3H3. The predicted molar refractivity (Wildman–Crippen MR) is 143 cm³/mol. The molecule has 4 fully saturated rings. The third-order valence-corrected chi connectivity index (χ3v) is 9.56. The lowest BCUT2D eigenvalue weighted by atomic mass is 9.49. The normalized spacial score (nSPS) is 27.7. The fourth-order valence-corrected chi connectivity index (χ4v) is 8.10. The van der Waals surface area contributed by atoms with Crippen molar-refractivity contribution in [2.75, 3.05) is 14.2 Å². The summed E-state index contributed by atoms with van der Waals surface area (Å²) in [6, 6.07) is 7.65. The van der Waals surface area contributed by atoms with Crippen LogP contribution in [0.1, 0.15) is 87.9 Å². The van der Waals surface area contributed by atoms with Crippen molar-refractivity contribution in [2.24, 2.45) is 29.1 Å². The van der Waals surface area contributed by atoms with Gasteiger partial charge in [-0.05, 0) is 98.7 Å². The molecular formula is C31H44N2O4. The van der Waals surface area contributed by atoms with E-state index in [1.807, 2.05) is 24.3 Å². The van der Waals surface area contributed by atoms with E-state index in [0.29, 0.717) is 11.8 Å². The van der Waals surface area contributed by atoms with Gasteiger partial charge in [-0.3, -0.25) is 4.79 Å². The molecule has 4 bridgehead atoms. The zero-order valence-corrected chi connectivity index (χ0v) is 22.8. The van der Waals surface area contributed by atoms with Crippen molar-refractivity contribution in [1.29, 1.82) is 0 Å². The fraction of sp³-hybridized carbons (Fsp3) is 0.677. The molecule has 4 saturated carbocycles. The molecule has 0 amide bonds. The molecule has 0 radical (unpaired) electrons. The number of esters is 1. The highest BCUT2D eigenvalue weighted by Crippen LogP contribution is 2.61. The molecule has 0 saturated heterocycles. The fourth-order valence-electron chi connectivity index (χ4n) is 8.10. The van der Waals surface area contributed by atoms with E-state index in [0.717, 1.165) is 72.8 Å². The van der Waals surface area contributed by atoms with Crippen molar-refractivity contribution in [1.82, 2.24) is 9.55 Å². The molecule has 1 aromatic carbocycles. The second-order valence-corrected chi connectivity index (χ2v) is 12.1. The highest BCUT2D eigenvalue weighted by molar-refractivity contribution is 5.73. The van der Waals surface area contributed by atoms with Gasteiger partial charge in [-0.25, -0.2) is 4.98 Å². The number of carbonyl (C=O) groups is 1. The number of hydrogen-bond acceptors (Lipinski definition) is 5. The van der Waals surface area contributed by atoms with Crippen molar-refractivity contribution >= 4 is 5.97 Å². The molecule has 2 unspecified atom stereocenters. The van der Waals surface area contributed by atoms with Crippen LogP contribution in [0.15, 0.2) is 30.5 Å². The highest BCUT2D eigenvalue weighted by Gasteiger charge is 2.50. The van der Waals surface area contributed by atoms with Crippen molar-refractivity contribution in [3.63, 3.8) is 0 Å². The summed E-state index contributed by atoms with van der Waals surface area (Å²) >= 11 is 0. The molecule has 2 aromatic rings. The molecule has 4 aliphatic rings. The summed E-state index contributed by atoms with van der Waals surface area (Å²) in [6.07, 6.45) is 13.9. The molecule has 6 nitrogen and oxygen atoms in total. The van der Waals surface area contributed by atoms with Crippen LogP contribution in [0.25, 0.3) is 0 Å². The molecule has 1 aromatic heterocycles. The van der Waals surface area contributed by atoms with Crippen LogP contribution in [0.2, 0.25) is 0 Å². The Bertz CT molecular complexity index is 1020. The van der Waals surface area contributed by atoms with Crippen molar-refractivity contribution in [3.8, 4) is 5.75 Å². The Morgan fingerprint density at radius 2 is 1.76 bits per heavy atom. The van der Waals surface area contributed by atoms with Crippen molar-refractivity contribution in [2.45, 2.75) is 90.2 Å². The van der Waals surface area contributed by atoms with Gasteiger partial charge in [0, 0.05) is 13.0 Å². The van der Waals surface area contributed by atoms with E-state index in [9.17, 15) is 9.90 Å². The number of benzene rings is 1. The summed E-state index contributed by atoms with van der Waals surface area (Å²) in [5.41, 5.74) is 2.16. The number of unbranched alkanes of at least 4 members (excludes halogenated alkanes) is 1. The number of nitrogens with zero attached hydrogens (tertiary/aromatic N) is 2. The first-order chi connectivity index (χ1) is 17.9. The second-order valence-electron chi connectivity index (χ2n) is 12.1. The Morgan fingerprint density at radius 3 is 2.32 bits per heavy atom. The maximum Gasteiger partial charge on any atom is 0.312 e. The molecule has 37 heavy (non-hydrogen) atoms. The van der Waals surface area contributed by atoms with Crippen molar-refractivity contribution < 1.29 is 19.4 Å². The van der Waals surface area contributed by atoms with Crippen LogP contribution in [0.5, 0.6) is 5.75 Å². The number of hydrogen-bond donors (Lipinski definition) is 1. The van der Waals surface area contributed by atoms with E-state index in [1.54, 1.807) is 13.3 Å². The molecular weight excluding hydrogens is 464 g/mol. The first-order valence-electron chi connectivity index (χ1n) is 14.4. The van der Waals surface area contributed by atoms with Gasteiger partial charge in [0.1, 0.15) is 17.7 Å². The molecule has 0 aliphatic heterocycles. The minimum Gasteiger partial charge on any atom is -0.497 e. The van der Waals surface area contributed by atoms with Crippen LogP contribution in [-0.4, -0.2) is 34.8 Å². The van der Waals surface area contributed by atoms with Gasteiger partial charge in [0.2, 0.25) is 0 Å². The van der Waals surface area contributed by atoms with E-state index in [1.165, 1.54) is 45.6 Å². The van der Waals surface area contributed by atoms with Gasteiger partial charge in [-0.15, -0.1) is 0 Å².